The molecule has 3 nitrogen and oxygen atoms in total. The Bertz CT molecular complexity index is 355. The standard InChI is InChI=1S/C12H18N2OS/c1-9(13-2)8-14-12(15)10-6-4-5-7-11(10)16-3/h4-7,9,13H,8H2,1-3H3,(H,14,15). The maximum absolute atomic E-state index is 11.9. The molecule has 2 N–H and O–H groups in total. The maximum Gasteiger partial charge on any atom is 0.252 e. The molecular weight excluding hydrogens is 220 g/mol. The predicted octanol–water partition coefficient (Wildman–Crippen LogP) is 1.75. The molecule has 1 aromatic rings. The third-order valence-corrected chi connectivity index (χ3v) is 3.21. The molecule has 1 rings (SSSR count). The number of carbonyl (C=O) groups is 1. The van der Waals surface area contributed by atoms with Gasteiger partial charge in [0.25, 0.3) is 5.91 Å². The first kappa shape index (κ1) is 13.1. The number of nitrogens with one attached hydrogen (secondary N) is 2. The van der Waals surface area contributed by atoms with Crippen LogP contribution in [0.15, 0.2) is 29.2 Å². The average molecular weight is 238 g/mol. The molecule has 0 aliphatic rings. The predicted molar refractivity (Wildman–Crippen MR) is 69.1 cm³/mol. The van der Waals surface area contributed by atoms with E-state index in [9.17, 15) is 4.79 Å². The van der Waals surface area contributed by atoms with Crippen molar-refractivity contribution >= 4 is 17.7 Å². The summed E-state index contributed by atoms with van der Waals surface area (Å²) in [6, 6.07) is 7.92. The number of likely N-dealkylation sites (N-methyl/N-ethyl adjacent to an activating group) is 1. The van der Waals surface area contributed by atoms with E-state index >= 15 is 0 Å². The fourth-order valence-corrected chi connectivity index (χ4v) is 1.87. The van der Waals surface area contributed by atoms with E-state index in [1.54, 1.807) is 11.8 Å². The molecule has 1 amide bonds. The molecule has 16 heavy (non-hydrogen) atoms. The number of carbonyl (C=O) groups excluding carboxylic acids is 1. The number of amides is 1. The minimum Gasteiger partial charge on any atom is -0.350 e. The van der Waals surface area contributed by atoms with Gasteiger partial charge in [-0.3, -0.25) is 4.79 Å². The molecule has 0 bridgehead atoms. The van der Waals surface area contributed by atoms with E-state index in [0.717, 1.165) is 10.5 Å². The van der Waals surface area contributed by atoms with Crippen LogP contribution in [0.5, 0.6) is 0 Å². The Morgan fingerprint density at radius 3 is 2.75 bits per heavy atom. The Morgan fingerprint density at radius 2 is 2.12 bits per heavy atom. The summed E-state index contributed by atoms with van der Waals surface area (Å²) in [4.78, 5) is 12.9. The second-order valence-corrected chi connectivity index (χ2v) is 4.45. The van der Waals surface area contributed by atoms with E-state index < -0.39 is 0 Å². The average Bonchev–Trinajstić information content (AvgIpc) is 2.35. The summed E-state index contributed by atoms with van der Waals surface area (Å²) < 4.78 is 0. The Kier molecular flexibility index (Phi) is 5.35. The van der Waals surface area contributed by atoms with Crippen LogP contribution >= 0.6 is 11.8 Å². The van der Waals surface area contributed by atoms with Gasteiger partial charge in [-0.2, -0.15) is 0 Å². The number of rotatable bonds is 5. The second-order valence-electron chi connectivity index (χ2n) is 3.60. The normalized spacial score (nSPS) is 12.2. The van der Waals surface area contributed by atoms with Crippen LogP contribution in [-0.2, 0) is 0 Å². The van der Waals surface area contributed by atoms with Crippen LogP contribution < -0.4 is 10.6 Å². The smallest absolute Gasteiger partial charge is 0.252 e. The van der Waals surface area contributed by atoms with E-state index in [-0.39, 0.29) is 11.9 Å². The van der Waals surface area contributed by atoms with Crippen LogP contribution in [0, 0.1) is 0 Å². The van der Waals surface area contributed by atoms with Gasteiger partial charge in [-0.05, 0) is 32.4 Å². The maximum atomic E-state index is 11.9. The van der Waals surface area contributed by atoms with Crippen molar-refractivity contribution in [2.45, 2.75) is 17.9 Å². The summed E-state index contributed by atoms with van der Waals surface area (Å²) in [5.74, 6) is -0.00736. The van der Waals surface area contributed by atoms with Crippen LogP contribution in [-0.4, -0.2) is 31.8 Å². The molecular formula is C12H18N2OS. The van der Waals surface area contributed by atoms with Gasteiger partial charge in [0, 0.05) is 17.5 Å². The lowest BCUT2D eigenvalue weighted by molar-refractivity contribution is 0.0947. The molecule has 0 aliphatic carbocycles. The Balaban J connectivity index is 2.65. The van der Waals surface area contributed by atoms with Gasteiger partial charge in [0.05, 0.1) is 5.56 Å². The van der Waals surface area contributed by atoms with E-state index in [0.29, 0.717) is 6.54 Å². The highest BCUT2D eigenvalue weighted by Gasteiger charge is 2.10. The zero-order valence-electron chi connectivity index (χ0n) is 9.91. The molecule has 1 aromatic carbocycles. The van der Waals surface area contributed by atoms with Crippen LogP contribution in [0.4, 0.5) is 0 Å². The van der Waals surface area contributed by atoms with Crippen LogP contribution in [0.1, 0.15) is 17.3 Å². The molecule has 0 heterocycles. The molecule has 0 radical (unpaired) electrons. The zero-order valence-corrected chi connectivity index (χ0v) is 10.7. The van der Waals surface area contributed by atoms with Crippen molar-refractivity contribution in [1.29, 1.82) is 0 Å². The highest BCUT2D eigenvalue weighted by Crippen LogP contribution is 2.19. The van der Waals surface area contributed by atoms with Gasteiger partial charge >= 0.3 is 0 Å². The Morgan fingerprint density at radius 1 is 1.44 bits per heavy atom. The minimum absolute atomic E-state index is 0.00736. The number of hydrogen-bond acceptors (Lipinski definition) is 3. The summed E-state index contributed by atoms with van der Waals surface area (Å²) in [5.41, 5.74) is 0.748. The first-order chi connectivity index (χ1) is 7.69. The number of thioether (sulfide) groups is 1. The summed E-state index contributed by atoms with van der Waals surface area (Å²) in [5, 5.41) is 5.99. The Labute approximate surface area is 101 Å². The molecule has 1 atom stereocenters. The number of hydrogen-bond donors (Lipinski definition) is 2. The first-order valence-electron chi connectivity index (χ1n) is 5.27. The monoisotopic (exact) mass is 238 g/mol. The van der Waals surface area contributed by atoms with Gasteiger partial charge in [0.15, 0.2) is 0 Å². The zero-order chi connectivity index (χ0) is 12.0. The largest absolute Gasteiger partial charge is 0.350 e. The van der Waals surface area contributed by atoms with Crippen molar-refractivity contribution in [2.75, 3.05) is 19.8 Å². The van der Waals surface area contributed by atoms with Crippen molar-refractivity contribution < 1.29 is 4.79 Å². The van der Waals surface area contributed by atoms with Gasteiger partial charge in [-0.1, -0.05) is 12.1 Å². The molecule has 1 unspecified atom stereocenters. The van der Waals surface area contributed by atoms with Crippen molar-refractivity contribution in [3.8, 4) is 0 Å². The summed E-state index contributed by atoms with van der Waals surface area (Å²) in [6.45, 7) is 2.67. The third-order valence-electron chi connectivity index (χ3n) is 2.41. The van der Waals surface area contributed by atoms with Gasteiger partial charge in [0.1, 0.15) is 0 Å². The lowest BCUT2D eigenvalue weighted by Gasteiger charge is -2.12. The summed E-state index contributed by atoms with van der Waals surface area (Å²) in [7, 11) is 1.88. The van der Waals surface area contributed by atoms with Crippen molar-refractivity contribution in [3.63, 3.8) is 0 Å². The van der Waals surface area contributed by atoms with Crippen molar-refractivity contribution in [3.05, 3.63) is 29.8 Å². The molecule has 0 aromatic heterocycles. The Hall–Kier alpha value is -1.00. The van der Waals surface area contributed by atoms with E-state index in [1.165, 1.54) is 0 Å². The molecule has 0 spiro atoms. The van der Waals surface area contributed by atoms with E-state index in [4.69, 9.17) is 0 Å². The van der Waals surface area contributed by atoms with Crippen LogP contribution in [0.25, 0.3) is 0 Å². The lowest BCUT2D eigenvalue weighted by Crippen LogP contribution is -2.37. The quantitative estimate of drug-likeness (QED) is 0.768. The lowest BCUT2D eigenvalue weighted by atomic mass is 10.2. The summed E-state index contributed by atoms with van der Waals surface area (Å²) >= 11 is 1.59. The number of benzene rings is 1. The highest BCUT2D eigenvalue weighted by atomic mass is 32.2. The molecule has 88 valence electrons. The van der Waals surface area contributed by atoms with Crippen molar-refractivity contribution in [2.24, 2.45) is 0 Å². The van der Waals surface area contributed by atoms with Gasteiger partial charge in [-0.25, -0.2) is 0 Å². The van der Waals surface area contributed by atoms with Crippen LogP contribution in [0.2, 0.25) is 0 Å². The molecule has 0 saturated heterocycles. The fraction of sp³-hybridized carbons (Fsp3) is 0.417. The molecule has 0 aliphatic heterocycles. The topological polar surface area (TPSA) is 41.1 Å². The van der Waals surface area contributed by atoms with E-state index in [1.807, 2.05) is 44.5 Å². The van der Waals surface area contributed by atoms with Gasteiger partial charge < -0.3 is 10.6 Å². The fourth-order valence-electron chi connectivity index (χ4n) is 1.28. The minimum atomic E-state index is -0.00736. The molecule has 4 heteroatoms. The SMILES string of the molecule is CNC(C)CNC(=O)c1ccccc1SC. The van der Waals surface area contributed by atoms with Gasteiger partial charge in [0.2, 0.25) is 0 Å². The highest BCUT2D eigenvalue weighted by molar-refractivity contribution is 7.98. The molecule has 0 saturated carbocycles. The van der Waals surface area contributed by atoms with Gasteiger partial charge in [-0.15, -0.1) is 11.8 Å². The van der Waals surface area contributed by atoms with E-state index in [2.05, 4.69) is 10.6 Å². The molecule has 0 fully saturated rings. The summed E-state index contributed by atoms with van der Waals surface area (Å²) in [6.07, 6.45) is 1.97. The van der Waals surface area contributed by atoms with Crippen molar-refractivity contribution in [1.82, 2.24) is 10.6 Å². The third kappa shape index (κ3) is 3.54. The van der Waals surface area contributed by atoms with Crippen LogP contribution in [0.3, 0.4) is 0 Å². The first-order valence-corrected chi connectivity index (χ1v) is 6.50. The second kappa shape index (κ2) is 6.55.